The molecule has 0 aromatic heterocycles. The van der Waals surface area contributed by atoms with E-state index in [0.717, 1.165) is 11.1 Å². The molecule has 0 amide bonds. The second-order valence-electron chi connectivity index (χ2n) is 3.05. The molecule has 72 valence electrons. The maximum absolute atomic E-state index is 9.45. The fourth-order valence-electron chi connectivity index (χ4n) is 1.45. The van der Waals surface area contributed by atoms with E-state index in [1.807, 2.05) is 6.92 Å². The zero-order valence-corrected chi connectivity index (χ0v) is 8.03. The smallest absolute Gasteiger partial charge is 0.128 e. The van der Waals surface area contributed by atoms with Crippen molar-refractivity contribution in [3.05, 3.63) is 23.3 Å². The summed E-state index contributed by atoms with van der Waals surface area (Å²) in [7, 11) is 1.51. The van der Waals surface area contributed by atoms with Crippen molar-refractivity contribution in [3.8, 4) is 11.5 Å². The van der Waals surface area contributed by atoms with Crippen LogP contribution in [0.5, 0.6) is 11.5 Å². The van der Waals surface area contributed by atoms with Gasteiger partial charge in [-0.25, -0.2) is 0 Å². The van der Waals surface area contributed by atoms with Crippen LogP contribution in [0.4, 0.5) is 0 Å². The van der Waals surface area contributed by atoms with Crippen molar-refractivity contribution < 1.29 is 14.9 Å². The molecule has 1 aromatic rings. The molecule has 2 N–H and O–H groups in total. The normalized spacial score (nSPS) is 12.6. The summed E-state index contributed by atoms with van der Waals surface area (Å²) in [6.45, 7) is 3.49. The Hall–Kier alpha value is -1.22. The number of rotatable bonds is 2. The molecule has 0 heterocycles. The van der Waals surface area contributed by atoms with Gasteiger partial charge in [-0.1, -0.05) is 0 Å². The molecule has 1 aromatic carbocycles. The van der Waals surface area contributed by atoms with Gasteiger partial charge in [-0.15, -0.1) is 0 Å². The summed E-state index contributed by atoms with van der Waals surface area (Å²) in [5, 5.41) is 18.7. The van der Waals surface area contributed by atoms with Crippen LogP contribution >= 0.6 is 0 Å². The zero-order chi connectivity index (χ0) is 10.0. The lowest BCUT2D eigenvalue weighted by molar-refractivity contribution is 0.193. The quantitative estimate of drug-likeness (QED) is 0.732. The number of phenols is 1. The Balaban J connectivity index is 3.30. The highest BCUT2D eigenvalue weighted by atomic mass is 16.5. The number of aliphatic hydroxyl groups excluding tert-OH is 1. The van der Waals surface area contributed by atoms with Crippen molar-refractivity contribution in [2.24, 2.45) is 0 Å². The van der Waals surface area contributed by atoms with Gasteiger partial charge in [0.1, 0.15) is 11.5 Å². The van der Waals surface area contributed by atoms with Crippen LogP contribution in [0.2, 0.25) is 0 Å². The SMILES string of the molecule is COc1cc(O)cc(C)c1C(C)O. The number of hydrogen-bond acceptors (Lipinski definition) is 3. The maximum Gasteiger partial charge on any atom is 0.128 e. The fraction of sp³-hybridized carbons (Fsp3) is 0.400. The number of phenolic OH excluding ortho intramolecular Hbond substituents is 1. The van der Waals surface area contributed by atoms with Crippen molar-refractivity contribution in [3.63, 3.8) is 0 Å². The molecular weight excluding hydrogens is 168 g/mol. The average molecular weight is 182 g/mol. The second kappa shape index (κ2) is 3.66. The summed E-state index contributed by atoms with van der Waals surface area (Å²) in [6, 6.07) is 3.10. The number of hydrogen-bond donors (Lipinski definition) is 2. The van der Waals surface area contributed by atoms with Gasteiger partial charge in [-0.3, -0.25) is 0 Å². The van der Waals surface area contributed by atoms with Gasteiger partial charge < -0.3 is 14.9 Å². The van der Waals surface area contributed by atoms with Crippen LogP contribution in [-0.2, 0) is 0 Å². The minimum atomic E-state index is -0.587. The minimum absolute atomic E-state index is 0.152. The van der Waals surface area contributed by atoms with E-state index < -0.39 is 6.10 Å². The van der Waals surface area contributed by atoms with Crippen LogP contribution < -0.4 is 4.74 Å². The minimum Gasteiger partial charge on any atom is -0.508 e. The summed E-state index contributed by atoms with van der Waals surface area (Å²) in [6.07, 6.45) is -0.587. The number of aliphatic hydroxyl groups is 1. The molecule has 1 unspecified atom stereocenters. The van der Waals surface area contributed by atoms with E-state index in [9.17, 15) is 10.2 Å². The first-order chi connectivity index (χ1) is 6.06. The van der Waals surface area contributed by atoms with Gasteiger partial charge >= 0.3 is 0 Å². The van der Waals surface area contributed by atoms with E-state index in [4.69, 9.17) is 4.74 Å². The van der Waals surface area contributed by atoms with Crippen molar-refractivity contribution in [2.75, 3.05) is 7.11 Å². The second-order valence-corrected chi connectivity index (χ2v) is 3.05. The maximum atomic E-state index is 9.45. The summed E-state index contributed by atoms with van der Waals surface area (Å²) < 4.78 is 5.05. The van der Waals surface area contributed by atoms with Crippen molar-refractivity contribution in [1.82, 2.24) is 0 Å². The van der Waals surface area contributed by atoms with Gasteiger partial charge in [0.15, 0.2) is 0 Å². The van der Waals surface area contributed by atoms with Gasteiger partial charge in [-0.2, -0.15) is 0 Å². The number of benzene rings is 1. The predicted octanol–water partition coefficient (Wildman–Crippen LogP) is 1.76. The molecule has 0 saturated carbocycles. The molecule has 0 radical (unpaired) electrons. The van der Waals surface area contributed by atoms with E-state index in [1.54, 1.807) is 13.0 Å². The lowest BCUT2D eigenvalue weighted by Gasteiger charge is -2.14. The van der Waals surface area contributed by atoms with Gasteiger partial charge in [0.2, 0.25) is 0 Å². The first-order valence-corrected chi connectivity index (χ1v) is 4.11. The van der Waals surface area contributed by atoms with Gasteiger partial charge in [-0.05, 0) is 25.5 Å². The molecular formula is C10H14O3. The third kappa shape index (κ3) is 1.92. The zero-order valence-electron chi connectivity index (χ0n) is 8.03. The molecule has 0 fully saturated rings. The average Bonchev–Trinajstić information content (AvgIpc) is 2.01. The molecule has 3 nitrogen and oxygen atoms in total. The largest absolute Gasteiger partial charge is 0.508 e. The highest BCUT2D eigenvalue weighted by Crippen LogP contribution is 2.32. The highest BCUT2D eigenvalue weighted by Gasteiger charge is 2.12. The Kier molecular flexibility index (Phi) is 2.78. The first kappa shape index (κ1) is 9.86. The predicted molar refractivity (Wildman–Crippen MR) is 50.0 cm³/mol. The van der Waals surface area contributed by atoms with Crippen LogP contribution in [-0.4, -0.2) is 17.3 Å². The van der Waals surface area contributed by atoms with Crippen LogP contribution in [0.15, 0.2) is 12.1 Å². The molecule has 1 atom stereocenters. The van der Waals surface area contributed by atoms with Gasteiger partial charge in [0.05, 0.1) is 13.2 Å². The van der Waals surface area contributed by atoms with E-state index in [2.05, 4.69) is 0 Å². The molecule has 1 rings (SSSR count). The van der Waals surface area contributed by atoms with E-state index >= 15 is 0 Å². The van der Waals surface area contributed by atoms with E-state index in [0.29, 0.717) is 5.75 Å². The van der Waals surface area contributed by atoms with Crippen LogP contribution in [0.1, 0.15) is 24.2 Å². The number of aryl methyl sites for hydroxylation is 1. The molecule has 0 aliphatic rings. The van der Waals surface area contributed by atoms with E-state index in [1.165, 1.54) is 13.2 Å². The summed E-state index contributed by atoms with van der Waals surface area (Å²) in [4.78, 5) is 0. The number of ether oxygens (including phenoxy) is 1. The highest BCUT2D eigenvalue weighted by molar-refractivity contribution is 5.46. The summed E-state index contributed by atoms with van der Waals surface area (Å²) in [5.41, 5.74) is 1.55. The fourth-order valence-corrected chi connectivity index (χ4v) is 1.45. The van der Waals surface area contributed by atoms with Crippen LogP contribution in [0.25, 0.3) is 0 Å². The molecule has 0 bridgehead atoms. The lowest BCUT2D eigenvalue weighted by Crippen LogP contribution is -1.99. The Morgan fingerprint density at radius 3 is 2.46 bits per heavy atom. The molecule has 0 saturated heterocycles. The van der Waals surface area contributed by atoms with Crippen molar-refractivity contribution in [2.45, 2.75) is 20.0 Å². The Bertz CT molecular complexity index is 305. The molecule has 0 aliphatic heterocycles. The van der Waals surface area contributed by atoms with Gasteiger partial charge in [0.25, 0.3) is 0 Å². The Labute approximate surface area is 77.6 Å². The topological polar surface area (TPSA) is 49.7 Å². The first-order valence-electron chi connectivity index (χ1n) is 4.11. The van der Waals surface area contributed by atoms with Crippen LogP contribution in [0.3, 0.4) is 0 Å². The summed E-state index contributed by atoms with van der Waals surface area (Å²) >= 11 is 0. The third-order valence-electron chi connectivity index (χ3n) is 1.97. The van der Waals surface area contributed by atoms with Crippen LogP contribution in [0, 0.1) is 6.92 Å². The molecule has 13 heavy (non-hydrogen) atoms. The lowest BCUT2D eigenvalue weighted by atomic mass is 10.0. The summed E-state index contributed by atoms with van der Waals surface area (Å²) in [5.74, 6) is 0.672. The molecule has 3 heteroatoms. The number of methoxy groups -OCH3 is 1. The Morgan fingerprint density at radius 1 is 1.38 bits per heavy atom. The monoisotopic (exact) mass is 182 g/mol. The van der Waals surface area contributed by atoms with Crippen molar-refractivity contribution in [1.29, 1.82) is 0 Å². The molecule has 0 aliphatic carbocycles. The van der Waals surface area contributed by atoms with Crippen molar-refractivity contribution >= 4 is 0 Å². The third-order valence-corrected chi connectivity index (χ3v) is 1.97. The Morgan fingerprint density at radius 2 is 2.00 bits per heavy atom. The molecule has 0 spiro atoms. The van der Waals surface area contributed by atoms with E-state index in [-0.39, 0.29) is 5.75 Å². The van der Waals surface area contributed by atoms with Gasteiger partial charge in [0, 0.05) is 11.6 Å². The number of aromatic hydroxyl groups is 1. The standard InChI is InChI=1S/C10H14O3/c1-6-4-8(12)5-9(13-3)10(6)7(2)11/h4-5,7,11-12H,1-3H3.